The second kappa shape index (κ2) is 9.29. The number of anilines is 1. The van der Waals surface area contributed by atoms with E-state index in [1.807, 2.05) is 24.1 Å². The standard InChI is InChI=1S/C22H26N6O3/c1-26-8-10-27(11-9-26)20-18(22(30)28-7-3-2-6-19(28)25-20)13-16(14-23)21(29)24-15-17-5-4-12-31-17/h2-3,6-7,13,17H,4-5,8-12,15H2,1H3,(H,24,29)/b16-13+/t17-/m1/s1. The van der Waals surface area contributed by atoms with Gasteiger partial charge in [0.1, 0.15) is 23.1 Å². The monoisotopic (exact) mass is 422 g/mol. The van der Waals surface area contributed by atoms with Crippen molar-refractivity contribution in [2.45, 2.75) is 18.9 Å². The fraction of sp³-hybridized carbons (Fsp3) is 0.455. The van der Waals surface area contributed by atoms with Crippen LogP contribution in [-0.2, 0) is 9.53 Å². The third kappa shape index (κ3) is 4.60. The third-order valence-corrected chi connectivity index (χ3v) is 5.72. The number of rotatable bonds is 5. The smallest absolute Gasteiger partial charge is 0.267 e. The quantitative estimate of drug-likeness (QED) is 0.557. The molecule has 0 aromatic carbocycles. The second-order valence-electron chi connectivity index (χ2n) is 7.89. The van der Waals surface area contributed by atoms with Gasteiger partial charge in [-0.2, -0.15) is 5.26 Å². The van der Waals surface area contributed by atoms with E-state index in [0.717, 1.165) is 25.9 Å². The topological polar surface area (TPSA) is 103 Å². The molecule has 4 rings (SSSR count). The number of aromatic nitrogens is 2. The maximum Gasteiger partial charge on any atom is 0.267 e. The molecule has 2 aromatic heterocycles. The van der Waals surface area contributed by atoms with E-state index in [0.29, 0.717) is 37.7 Å². The average Bonchev–Trinajstić information content (AvgIpc) is 3.31. The molecule has 2 fully saturated rings. The molecule has 2 aliphatic heterocycles. The maximum atomic E-state index is 13.3. The molecular weight excluding hydrogens is 396 g/mol. The van der Waals surface area contributed by atoms with Gasteiger partial charge in [-0.15, -0.1) is 0 Å². The van der Waals surface area contributed by atoms with Crippen LogP contribution in [0.25, 0.3) is 11.7 Å². The lowest BCUT2D eigenvalue weighted by molar-refractivity contribution is -0.117. The molecule has 0 bridgehead atoms. The van der Waals surface area contributed by atoms with Crippen LogP contribution in [0.15, 0.2) is 34.8 Å². The van der Waals surface area contributed by atoms with Crippen LogP contribution < -0.4 is 15.8 Å². The van der Waals surface area contributed by atoms with E-state index >= 15 is 0 Å². The van der Waals surface area contributed by atoms with E-state index in [1.54, 1.807) is 18.3 Å². The van der Waals surface area contributed by atoms with Gasteiger partial charge in [0.05, 0.1) is 11.7 Å². The van der Waals surface area contributed by atoms with Crippen molar-refractivity contribution in [3.63, 3.8) is 0 Å². The molecule has 2 aromatic rings. The Kier molecular flexibility index (Phi) is 6.30. The zero-order chi connectivity index (χ0) is 21.8. The maximum absolute atomic E-state index is 13.3. The Bertz CT molecular complexity index is 1090. The predicted molar refractivity (Wildman–Crippen MR) is 117 cm³/mol. The van der Waals surface area contributed by atoms with E-state index in [1.165, 1.54) is 10.5 Å². The van der Waals surface area contributed by atoms with Gasteiger partial charge >= 0.3 is 0 Å². The molecule has 0 aliphatic carbocycles. The van der Waals surface area contributed by atoms with Gasteiger partial charge in [0.2, 0.25) is 0 Å². The second-order valence-corrected chi connectivity index (χ2v) is 7.89. The molecule has 0 radical (unpaired) electrons. The van der Waals surface area contributed by atoms with E-state index in [2.05, 4.69) is 10.2 Å². The summed E-state index contributed by atoms with van der Waals surface area (Å²) in [6, 6.07) is 7.29. The molecule has 1 N–H and O–H groups in total. The van der Waals surface area contributed by atoms with Crippen molar-refractivity contribution in [3.05, 3.63) is 45.9 Å². The van der Waals surface area contributed by atoms with E-state index in [-0.39, 0.29) is 22.8 Å². The van der Waals surface area contributed by atoms with E-state index < -0.39 is 5.91 Å². The first-order valence-electron chi connectivity index (χ1n) is 10.5. The van der Waals surface area contributed by atoms with Gasteiger partial charge in [-0.05, 0) is 38.1 Å². The molecule has 4 heterocycles. The predicted octanol–water partition coefficient (Wildman–Crippen LogP) is 0.648. The summed E-state index contributed by atoms with van der Waals surface area (Å²) >= 11 is 0. The number of piperazine rings is 1. The Hall–Kier alpha value is -3.22. The Morgan fingerprint density at radius 1 is 1.35 bits per heavy atom. The number of nitrogens with one attached hydrogen (secondary N) is 1. The van der Waals surface area contributed by atoms with Crippen LogP contribution in [0.4, 0.5) is 5.82 Å². The Morgan fingerprint density at radius 2 is 2.16 bits per heavy atom. The number of nitrogens with zero attached hydrogens (tertiary/aromatic N) is 5. The molecule has 1 amide bonds. The van der Waals surface area contributed by atoms with Gasteiger partial charge in [0.25, 0.3) is 11.5 Å². The van der Waals surface area contributed by atoms with Crippen molar-refractivity contribution in [2.24, 2.45) is 0 Å². The third-order valence-electron chi connectivity index (χ3n) is 5.72. The van der Waals surface area contributed by atoms with Crippen LogP contribution in [0.1, 0.15) is 18.4 Å². The average molecular weight is 422 g/mol. The number of hydrogen-bond donors (Lipinski definition) is 1. The minimum atomic E-state index is -0.514. The number of ether oxygens (including phenoxy) is 1. The lowest BCUT2D eigenvalue weighted by atomic mass is 10.1. The summed E-state index contributed by atoms with van der Waals surface area (Å²) in [4.78, 5) is 34.9. The highest BCUT2D eigenvalue weighted by Gasteiger charge is 2.23. The summed E-state index contributed by atoms with van der Waals surface area (Å²) in [5.74, 6) is -0.0103. The van der Waals surface area contributed by atoms with Gasteiger partial charge in [0, 0.05) is 45.5 Å². The highest BCUT2D eigenvalue weighted by Crippen LogP contribution is 2.20. The number of carbonyl (C=O) groups excluding carboxylic acids is 1. The normalized spacial score (nSPS) is 20.1. The SMILES string of the molecule is CN1CCN(c2nc3ccccn3c(=O)c2/C=C(\C#N)C(=O)NC[C@H]2CCCO2)CC1. The van der Waals surface area contributed by atoms with Crippen molar-refractivity contribution in [1.82, 2.24) is 19.6 Å². The number of pyridine rings is 1. The van der Waals surface area contributed by atoms with Crippen molar-refractivity contribution in [3.8, 4) is 6.07 Å². The first-order chi connectivity index (χ1) is 15.1. The first kappa shape index (κ1) is 21.0. The van der Waals surface area contributed by atoms with Crippen LogP contribution in [0.5, 0.6) is 0 Å². The molecule has 0 saturated carbocycles. The molecule has 31 heavy (non-hydrogen) atoms. The number of fused-ring (bicyclic) bond motifs is 1. The largest absolute Gasteiger partial charge is 0.376 e. The van der Waals surface area contributed by atoms with Crippen LogP contribution in [0, 0.1) is 11.3 Å². The van der Waals surface area contributed by atoms with Gasteiger partial charge < -0.3 is 19.9 Å². The van der Waals surface area contributed by atoms with Crippen molar-refractivity contribution in [2.75, 3.05) is 51.3 Å². The van der Waals surface area contributed by atoms with Gasteiger partial charge in [-0.25, -0.2) is 4.98 Å². The summed E-state index contributed by atoms with van der Waals surface area (Å²) in [7, 11) is 2.05. The number of carbonyl (C=O) groups is 1. The molecular formula is C22H26N6O3. The minimum absolute atomic E-state index is 0.0299. The number of amides is 1. The van der Waals surface area contributed by atoms with Crippen LogP contribution in [-0.4, -0.2) is 72.7 Å². The number of hydrogen-bond acceptors (Lipinski definition) is 7. The van der Waals surface area contributed by atoms with Gasteiger partial charge in [-0.3, -0.25) is 14.0 Å². The summed E-state index contributed by atoms with van der Waals surface area (Å²) in [6.45, 7) is 4.13. The summed E-state index contributed by atoms with van der Waals surface area (Å²) in [5.41, 5.74) is 0.347. The minimum Gasteiger partial charge on any atom is -0.376 e. The lowest BCUT2D eigenvalue weighted by Crippen LogP contribution is -2.45. The molecule has 2 aliphatic rings. The van der Waals surface area contributed by atoms with Crippen LogP contribution in [0.3, 0.4) is 0 Å². The van der Waals surface area contributed by atoms with Gasteiger partial charge in [0.15, 0.2) is 0 Å². The molecule has 1 atom stereocenters. The Balaban J connectivity index is 1.70. The molecule has 9 nitrogen and oxygen atoms in total. The Labute approximate surface area is 180 Å². The fourth-order valence-corrected chi connectivity index (χ4v) is 3.88. The van der Waals surface area contributed by atoms with E-state index in [9.17, 15) is 14.9 Å². The lowest BCUT2D eigenvalue weighted by Gasteiger charge is -2.34. The molecule has 9 heteroatoms. The number of nitriles is 1. The van der Waals surface area contributed by atoms with Crippen molar-refractivity contribution in [1.29, 1.82) is 5.26 Å². The van der Waals surface area contributed by atoms with Gasteiger partial charge in [-0.1, -0.05) is 6.07 Å². The highest BCUT2D eigenvalue weighted by molar-refractivity contribution is 6.02. The van der Waals surface area contributed by atoms with Crippen LogP contribution in [0.2, 0.25) is 0 Å². The Morgan fingerprint density at radius 3 is 2.87 bits per heavy atom. The summed E-state index contributed by atoms with van der Waals surface area (Å²) in [6.07, 6.45) is 4.83. The first-order valence-corrected chi connectivity index (χ1v) is 10.5. The molecule has 162 valence electrons. The fourth-order valence-electron chi connectivity index (χ4n) is 3.88. The highest BCUT2D eigenvalue weighted by atomic mass is 16.5. The van der Waals surface area contributed by atoms with Crippen molar-refractivity contribution < 1.29 is 9.53 Å². The zero-order valence-electron chi connectivity index (χ0n) is 17.6. The zero-order valence-corrected chi connectivity index (χ0v) is 17.6. The molecule has 0 spiro atoms. The summed E-state index contributed by atoms with van der Waals surface area (Å²) in [5, 5.41) is 12.4. The van der Waals surface area contributed by atoms with Crippen LogP contribution >= 0.6 is 0 Å². The molecule has 2 saturated heterocycles. The number of likely N-dealkylation sites (N-methyl/N-ethyl adjacent to an activating group) is 1. The van der Waals surface area contributed by atoms with Crippen molar-refractivity contribution >= 4 is 23.4 Å². The summed E-state index contributed by atoms with van der Waals surface area (Å²) < 4.78 is 6.95. The molecule has 0 unspecified atom stereocenters. The van der Waals surface area contributed by atoms with E-state index in [4.69, 9.17) is 9.72 Å².